The Morgan fingerprint density at radius 1 is 0.962 bits per heavy atom. The van der Waals surface area contributed by atoms with E-state index in [4.69, 9.17) is 4.74 Å². The molecule has 0 unspecified atom stereocenters. The van der Waals surface area contributed by atoms with E-state index in [0.717, 1.165) is 11.3 Å². The highest BCUT2D eigenvalue weighted by molar-refractivity contribution is 5.95. The molecule has 2 aromatic rings. The fourth-order valence-corrected chi connectivity index (χ4v) is 2.51. The molecule has 0 bridgehead atoms. The Bertz CT molecular complexity index is 720. The molecule has 0 heterocycles. The largest absolute Gasteiger partial charge is 0.493 e. The van der Waals surface area contributed by atoms with Gasteiger partial charge in [0, 0.05) is 24.3 Å². The summed E-state index contributed by atoms with van der Waals surface area (Å²) in [5.74, 6) is 0.627. The molecule has 0 fully saturated rings. The summed E-state index contributed by atoms with van der Waals surface area (Å²) in [4.78, 5) is 26.0. The van der Waals surface area contributed by atoms with Gasteiger partial charge in [-0.15, -0.1) is 0 Å². The van der Waals surface area contributed by atoms with Gasteiger partial charge in [-0.05, 0) is 57.2 Å². The number of ether oxygens (including phenoxy) is 1. The Labute approximate surface area is 155 Å². The zero-order valence-corrected chi connectivity index (χ0v) is 15.6. The van der Waals surface area contributed by atoms with E-state index in [1.165, 1.54) is 0 Å². The van der Waals surface area contributed by atoms with Crippen molar-refractivity contribution in [3.05, 3.63) is 59.7 Å². The second-order valence-corrected chi connectivity index (χ2v) is 6.01. The lowest BCUT2D eigenvalue weighted by Gasteiger charge is -2.18. The molecule has 5 heteroatoms. The monoisotopic (exact) mass is 354 g/mol. The van der Waals surface area contributed by atoms with E-state index in [9.17, 15) is 9.59 Å². The number of carbonyl (C=O) groups excluding carboxylic acids is 2. The second-order valence-electron chi connectivity index (χ2n) is 6.01. The van der Waals surface area contributed by atoms with Crippen LogP contribution in [0.1, 0.15) is 36.2 Å². The number of aryl methyl sites for hydroxylation is 1. The molecule has 138 valence electrons. The predicted molar refractivity (Wildman–Crippen MR) is 104 cm³/mol. The Morgan fingerprint density at radius 2 is 1.58 bits per heavy atom. The first-order valence-corrected chi connectivity index (χ1v) is 8.92. The van der Waals surface area contributed by atoms with E-state index < -0.39 is 0 Å². The third-order valence-electron chi connectivity index (χ3n) is 4.09. The van der Waals surface area contributed by atoms with Crippen molar-refractivity contribution in [2.75, 3.05) is 25.0 Å². The molecule has 0 aromatic heterocycles. The van der Waals surface area contributed by atoms with Gasteiger partial charge in [0.15, 0.2) is 0 Å². The molecule has 26 heavy (non-hydrogen) atoms. The van der Waals surface area contributed by atoms with Crippen LogP contribution in [-0.4, -0.2) is 36.4 Å². The average Bonchev–Trinajstić information content (AvgIpc) is 2.65. The van der Waals surface area contributed by atoms with Gasteiger partial charge in [-0.1, -0.05) is 17.7 Å². The molecule has 2 aromatic carbocycles. The standard InChI is InChI=1S/C21H26N2O3/c1-4-23(5-2)21(25)17-8-10-18(11-9-17)22-20(24)14-15-26-19-12-6-16(3)7-13-19/h6-13H,4-5,14-15H2,1-3H3,(H,22,24). The van der Waals surface area contributed by atoms with E-state index in [2.05, 4.69) is 5.32 Å². The maximum Gasteiger partial charge on any atom is 0.253 e. The van der Waals surface area contributed by atoms with Gasteiger partial charge in [0.05, 0.1) is 13.0 Å². The van der Waals surface area contributed by atoms with Crippen LogP contribution in [0.25, 0.3) is 0 Å². The van der Waals surface area contributed by atoms with E-state index in [1.54, 1.807) is 29.2 Å². The molecule has 0 saturated heterocycles. The van der Waals surface area contributed by atoms with Crippen LogP contribution in [0, 0.1) is 6.92 Å². The Hall–Kier alpha value is -2.82. The SMILES string of the molecule is CCN(CC)C(=O)c1ccc(NC(=O)CCOc2ccc(C)cc2)cc1. The fraction of sp³-hybridized carbons (Fsp3) is 0.333. The van der Waals surface area contributed by atoms with Gasteiger partial charge in [0.25, 0.3) is 5.91 Å². The van der Waals surface area contributed by atoms with Gasteiger partial charge in [0.2, 0.25) is 5.91 Å². The molecule has 0 aliphatic rings. The summed E-state index contributed by atoms with van der Waals surface area (Å²) in [6, 6.07) is 14.7. The predicted octanol–water partition coefficient (Wildman–Crippen LogP) is 3.88. The summed E-state index contributed by atoms with van der Waals surface area (Å²) in [6.45, 7) is 7.58. The molecule has 0 saturated carbocycles. The minimum absolute atomic E-state index is 0.000579. The maximum atomic E-state index is 12.3. The van der Waals surface area contributed by atoms with Crippen molar-refractivity contribution in [2.45, 2.75) is 27.2 Å². The fourth-order valence-electron chi connectivity index (χ4n) is 2.51. The van der Waals surface area contributed by atoms with Crippen LogP contribution in [0.5, 0.6) is 5.75 Å². The summed E-state index contributed by atoms with van der Waals surface area (Å²) >= 11 is 0. The van der Waals surface area contributed by atoms with Crippen LogP contribution in [-0.2, 0) is 4.79 Å². The van der Waals surface area contributed by atoms with Gasteiger partial charge >= 0.3 is 0 Å². The van der Waals surface area contributed by atoms with Crippen LogP contribution < -0.4 is 10.1 Å². The number of nitrogens with zero attached hydrogens (tertiary/aromatic N) is 1. The zero-order chi connectivity index (χ0) is 18.9. The van der Waals surface area contributed by atoms with Gasteiger partial charge in [-0.2, -0.15) is 0 Å². The number of hydrogen-bond acceptors (Lipinski definition) is 3. The topological polar surface area (TPSA) is 58.6 Å². The summed E-state index contributed by atoms with van der Waals surface area (Å²) in [5.41, 5.74) is 2.45. The highest BCUT2D eigenvalue weighted by Gasteiger charge is 2.12. The maximum absolute atomic E-state index is 12.3. The van der Waals surface area contributed by atoms with Crippen LogP contribution in [0.3, 0.4) is 0 Å². The van der Waals surface area contributed by atoms with Crippen molar-refractivity contribution in [1.29, 1.82) is 0 Å². The highest BCUT2D eigenvalue weighted by atomic mass is 16.5. The van der Waals surface area contributed by atoms with Gasteiger partial charge in [-0.3, -0.25) is 9.59 Å². The number of benzene rings is 2. The third-order valence-corrected chi connectivity index (χ3v) is 4.09. The van der Waals surface area contributed by atoms with Crippen molar-refractivity contribution in [1.82, 2.24) is 4.90 Å². The first-order valence-electron chi connectivity index (χ1n) is 8.92. The number of carbonyl (C=O) groups is 2. The number of rotatable bonds is 8. The summed E-state index contributed by atoms with van der Waals surface area (Å²) in [5, 5.41) is 2.82. The first kappa shape index (κ1) is 19.5. The normalized spacial score (nSPS) is 10.3. The average molecular weight is 354 g/mol. The number of anilines is 1. The number of nitrogens with one attached hydrogen (secondary N) is 1. The van der Waals surface area contributed by atoms with Crippen LogP contribution in [0.15, 0.2) is 48.5 Å². The molecule has 0 aliphatic heterocycles. The minimum Gasteiger partial charge on any atom is -0.493 e. The smallest absolute Gasteiger partial charge is 0.253 e. The molecule has 2 rings (SSSR count). The van der Waals surface area contributed by atoms with E-state index in [1.807, 2.05) is 45.0 Å². The van der Waals surface area contributed by atoms with E-state index >= 15 is 0 Å². The third kappa shape index (κ3) is 5.62. The van der Waals surface area contributed by atoms with Crippen molar-refractivity contribution < 1.29 is 14.3 Å². The lowest BCUT2D eigenvalue weighted by molar-refractivity contribution is -0.116. The van der Waals surface area contributed by atoms with Crippen LogP contribution in [0.4, 0.5) is 5.69 Å². The Morgan fingerprint density at radius 3 is 2.15 bits per heavy atom. The zero-order valence-electron chi connectivity index (χ0n) is 15.6. The summed E-state index contributed by atoms with van der Waals surface area (Å²) in [6.07, 6.45) is 0.258. The molecule has 5 nitrogen and oxygen atoms in total. The van der Waals surface area contributed by atoms with E-state index in [0.29, 0.717) is 30.9 Å². The summed E-state index contributed by atoms with van der Waals surface area (Å²) < 4.78 is 5.56. The van der Waals surface area contributed by atoms with Crippen molar-refractivity contribution in [3.8, 4) is 5.75 Å². The Kier molecular flexibility index (Phi) is 7.21. The molecule has 1 N–H and O–H groups in total. The molecule has 0 radical (unpaired) electrons. The summed E-state index contributed by atoms with van der Waals surface area (Å²) in [7, 11) is 0. The van der Waals surface area contributed by atoms with Gasteiger partial charge < -0.3 is 15.0 Å². The van der Waals surface area contributed by atoms with Crippen LogP contribution >= 0.6 is 0 Å². The molecule has 0 atom stereocenters. The van der Waals surface area contributed by atoms with Crippen molar-refractivity contribution >= 4 is 17.5 Å². The van der Waals surface area contributed by atoms with Crippen molar-refractivity contribution in [3.63, 3.8) is 0 Å². The number of amides is 2. The van der Waals surface area contributed by atoms with E-state index in [-0.39, 0.29) is 18.2 Å². The lowest BCUT2D eigenvalue weighted by atomic mass is 10.1. The van der Waals surface area contributed by atoms with Gasteiger partial charge in [-0.25, -0.2) is 0 Å². The first-order chi connectivity index (χ1) is 12.5. The Balaban J connectivity index is 1.81. The van der Waals surface area contributed by atoms with Crippen molar-refractivity contribution in [2.24, 2.45) is 0 Å². The molecular formula is C21H26N2O3. The van der Waals surface area contributed by atoms with Gasteiger partial charge in [0.1, 0.15) is 5.75 Å². The molecule has 0 spiro atoms. The molecule has 2 amide bonds. The number of hydrogen-bond donors (Lipinski definition) is 1. The quantitative estimate of drug-likeness (QED) is 0.782. The second kappa shape index (κ2) is 9.61. The van der Waals surface area contributed by atoms with Crippen LogP contribution in [0.2, 0.25) is 0 Å². The lowest BCUT2D eigenvalue weighted by Crippen LogP contribution is -2.30. The minimum atomic E-state index is -0.125. The highest BCUT2D eigenvalue weighted by Crippen LogP contribution is 2.13. The molecular weight excluding hydrogens is 328 g/mol. The molecule has 0 aliphatic carbocycles.